The van der Waals surface area contributed by atoms with Gasteiger partial charge in [-0.05, 0) is 87.1 Å². The Hall–Kier alpha value is -2.41. The van der Waals surface area contributed by atoms with Crippen molar-refractivity contribution in [2.45, 2.75) is 44.9 Å². The molecule has 2 atom stereocenters. The third-order valence-electron chi connectivity index (χ3n) is 7.23. The number of carboxylic acid groups (broad SMARTS) is 1. The van der Waals surface area contributed by atoms with Crippen LogP contribution in [0.4, 0.5) is 10.1 Å². The Morgan fingerprint density at radius 3 is 2.70 bits per heavy atom. The van der Waals surface area contributed by atoms with Crippen molar-refractivity contribution < 1.29 is 14.3 Å². The van der Waals surface area contributed by atoms with Crippen molar-refractivity contribution in [2.75, 3.05) is 31.1 Å². The van der Waals surface area contributed by atoms with Crippen molar-refractivity contribution in [1.29, 1.82) is 0 Å². The number of carboxylic acids is 1. The number of halogens is 1. The molecule has 160 valence electrons. The van der Waals surface area contributed by atoms with Gasteiger partial charge in [0.25, 0.3) is 5.56 Å². The second-order valence-corrected chi connectivity index (χ2v) is 9.17. The molecule has 0 aromatic carbocycles. The molecule has 0 spiro atoms. The fourth-order valence-corrected chi connectivity index (χ4v) is 5.57. The summed E-state index contributed by atoms with van der Waals surface area (Å²) in [7, 11) is 0. The van der Waals surface area contributed by atoms with Crippen molar-refractivity contribution in [2.24, 2.45) is 11.8 Å². The Labute approximate surface area is 174 Å². The van der Waals surface area contributed by atoms with E-state index in [1.165, 1.54) is 29.5 Å². The van der Waals surface area contributed by atoms with E-state index in [1.54, 1.807) is 0 Å². The monoisotopic (exact) mass is 413 g/mol. The standard InChI is InChI=1S/C23H28FN3O3/c1-13-20-17(14-4-5-14)9-18(23(29)30)22(28)27(20)12-19(24)21(13)26-8-2-3-16(11-26)15-6-7-25-10-15/h9,12,14-16,25H,2-8,10-11H2,1H3,(H,29,30)/t15-,16+/m1/s1. The average molecular weight is 413 g/mol. The summed E-state index contributed by atoms with van der Waals surface area (Å²) in [6.45, 7) is 5.61. The summed E-state index contributed by atoms with van der Waals surface area (Å²) < 4.78 is 16.6. The normalized spacial score (nSPS) is 24.5. The van der Waals surface area contributed by atoms with Crippen LogP contribution in [-0.4, -0.2) is 41.7 Å². The van der Waals surface area contributed by atoms with E-state index in [9.17, 15) is 14.7 Å². The second kappa shape index (κ2) is 7.38. The lowest BCUT2D eigenvalue weighted by Crippen LogP contribution is -2.40. The zero-order valence-electron chi connectivity index (χ0n) is 17.3. The molecule has 2 aromatic heterocycles. The van der Waals surface area contributed by atoms with Gasteiger partial charge in [0.15, 0.2) is 5.82 Å². The third-order valence-corrected chi connectivity index (χ3v) is 7.23. The van der Waals surface area contributed by atoms with Crippen molar-refractivity contribution in [1.82, 2.24) is 9.72 Å². The molecule has 0 radical (unpaired) electrons. The Kier molecular flexibility index (Phi) is 4.81. The lowest BCUT2D eigenvalue weighted by Gasteiger charge is -2.38. The summed E-state index contributed by atoms with van der Waals surface area (Å²) in [6.07, 6.45) is 6.53. The van der Waals surface area contributed by atoms with Gasteiger partial charge in [0.2, 0.25) is 0 Å². The zero-order chi connectivity index (χ0) is 21.0. The second-order valence-electron chi connectivity index (χ2n) is 9.17. The first kappa shape index (κ1) is 19.5. The predicted molar refractivity (Wildman–Crippen MR) is 113 cm³/mol. The summed E-state index contributed by atoms with van der Waals surface area (Å²) in [5.41, 5.74) is 1.93. The topological polar surface area (TPSA) is 74.0 Å². The quantitative estimate of drug-likeness (QED) is 0.806. The van der Waals surface area contributed by atoms with Crippen LogP contribution in [0.3, 0.4) is 0 Å². The molecule has 2 N–H and O–H groups in total. The number of hydrogen-bond donors (Lipinski definition) is 2. The van der Waals surface area contributed by atoms with E-state index >= 15 is 4.39 Å². The predicted octanol–water partition coefficient (Wildman–Crippen LogP) is 3.15. The minimum atomic E-state index is -1.26. The highest BCUT2D eigenvalue weighted by Gasteiger charge is 2.33. The largest absolute Gasteiger partial charge is 0.477 e. The summed E-state index contributed by atoms with van der Waals surface area (Å²) in [4.78, 5) is 26.5. The molecule has 0 bridgehead atoms. The lowest BCUT2D eigenvalue weighted by molar-refractivity contribution is 0.0694. The number of nitrogens with zero attached hydrogens (tertiary/aromatic N) is 2. The highest BCUT2D eigenvalue weighted by atomic mass is 19.1. The molecule has 1 aliphatic carbocycles. The summed E-state index contributed by atoms with van der Waals surface area (Å²) in [5.74, 6) is -0.281. The summed E-state index contributed by atoms with van der Waals surface area (Å²) in [6, 6.07) is 1.52. The Morgan fingerprint density at radius 2 is 2.03 bits per heavy atom. The van der Waals surface area contributed by atoms with Crippen LogP contribution in [0.25, 0.3) is 5.52 Å². The summed E-state index contributed by atoms with van der Waals surface area (Å²) >= 11 is 0. The van der Waals surface area contributed by atoms with E-state index in [2.05, 4.69) is 10.2 Å². The average Bonchev–Trinajstić information content (AvgIpc) is 3.41. The van der Waals surface area contributed by atoms with Crippen LogP contribution < -0.4 is 15.8 Å². The molecule has 30 heavy (non-hydrogen) atoms. The minimum Gasteiger partial charge on any atom is -0.477 e. The molecule has 2 aromatic rings. The molecule has 3 fully saturated rings. The van der Waals surface area contributed by atoms with E-state index < -0.39 is 17.3 Å². The first-order chi connectivity index (χ1) is 14.5. The number of nitrogens with one attached hydrogen (secondary N) is 1. The van der Waals surface area contributed by atoms with E-state index in [-0.39, 0.29) is 11.5 Å². The number of carbonyl (C=O) groups is 1. The van der Waals surface area contributed by atoms with Gasteiger partial charge in [0.1, 0.15) is 5.56 Å². The third kappa shape index (κ3) is 3.20. The molecule has 0 amide bonds. The number of hydrogen-bond acceptors (Lipinski definition) is 4. The van der Waals surface area contributed by atoms with E-state index in [1.807, 2.05) is 6.92 Å². The first-order valence-corrected chi connectivity index (χ1v) is 11.0. The molecular formula is C23H28FN3O3. The van der Waals surface area contributed by atoms with Crippen LogP contribution in [-0.2, 0) is 0 Å². The minimum absolute atomic E-state index is 0.245. The van der Waals surface area contributed by atoms with Gasteiger partial charge in [0.05, 0.1) is 17.4 Å². The van der Waals surface area contributed by atoms with Crippen LogP contribution in [0.5, 0.6) is 0 Å². The fourth-order valence-electron chi connectivity index (χ4n) is 5.57. The Bertz CT molecular complexity index is 1070. The Balaban J connectivity index is 1.63. The van der Waals surface area contributed by atoms with Gasteiger partial charge >= 0.3 is 5.97 Å². The van der Waals surface area contributed by atoms with Crippen LogP contribution in [0, 0.1) is 24.6 Å². The maximum atomic E-state index is 15.4. The van der Waals surface area contributed by atoms with Crippen molar-refractivity contribution in [3.63, 3.8) is 0 Å². The van der Waals surface area contributed by atoms with Crippen LogP contribution in [0.2, 0.25) is 0 Å². The van der Waals surface area contributed by atoms with Gasteiger partial charge in [-0.2, -0.15) is 0 Å². The molecular weight excluding hydrogens is 385 g/mol. The maximum absolute atomic E-state index is 15.4. The molecule has 7 heteroatoms. The maximum Gasteiger partial charge on any atom is 0.341 e. The summed E-state index contributed by atoms with van der Waals surface area (Å²) in [5, 5.41) is 12.9. The molecule has 4 heterocycles. The molecule has 2 aliphatic heterocycles. The molecule has 6 nitrogen and oxygen atoms in total. The number of fused-ring (bicyclic) bond motifs is 1. The number of pyridine rings is 2. The van der Waals surface area contributed by atoms with E-state index in [0.29, 0.717) is 23.0 Å². The van der Waals surface area contributed by atoms with Crippen LogP contribution in [0.15, 0.2) is 17.1 Å². The smallest absolute Gasteiger partial charge is 0.341 e. The van der Waals surface area contributed by atoms with Crippen molar-refractivity contribution >= 4 is 17.2 Å². The molecule has 5 rings (SSSR count). The highest BCUT2D eigenvalue weighted by Crippen LogP contribution is 2.44. The van der Waals surface area contributed by atoms with Gasteiger partial charge < -0.3 is 15.3 Å². The van der Waals surface area contributed by atoms with Crippen LogP contribution >= 0.6 is 0 Å². The number of aryl methyl sites for hydroxylation is 1. The molecule has 1 saturated carbocycles. The first-order valence-electron chi connectivity index (χ1n) is 11.0. The van der Waals surface area contributed by atoms with Gasteiger partial charge in [-0.15, -0.1) is 0 Å². The van der Waals surface area contributed by atoms with Gasteiger partial charge in [0, 0.05) is 13.1 Å². The van der Waals surface area contributed by atoms with Gasteiger partial charge in [-0.1, -0.05) is 0 Å². The van der Waals surface area contributed by atoms with Crippen LogP contribution in [0.1, 0.15) is 59.5 Å². The zero-order valence-corrected chi connectivity index (χ0v) is 17.3. The number of rotatable bonds is 4. The number of aromatic nitrogens is 1. The number of piperidine rings is 1. The van der Waals surface area contributed by atoms with Gasteiger partial charge in [-0.3, -0.25) is 9.20 Å². The molecule has 3 aliphatic rings. The van der Waals surface area contributed by atoms with Gasteiger partial charge in [-0.25, -0.2) is 9.18 Å². The number of aromatic carboxylic acids is 1. The SMILES string of the molecule is Cc1c(N2CCC[C@H]([C@@H]3CCNC3)C2)c(F)cn2c(=O)c(C(=O)O)cc(C3CC3)c12. The molecule has 2 saturated heterocycles. The number of anilines is 1. The van der Waals surface area contributed by atoms with E-state index in [0.717, 1.165) is 56.6 Å². The fraction of sp³-hybridized carbons (Fsp3) is 0.565. The highest BCUT2D eigenvalue weighted by molar-refractivity contribution is 5.89. The molecule has 0 unspecified atom stereocenters. The van der Waals surface area contributed by atoms with Crippen molar-refractivity contribution in [3.8, 4) is 0 Å². The van der Waals surface area contributed by atoms with E-state index in [4.69, 9.17) is 0 Å². The lowest BCUT2D eigenvalue weighted by atomic mass is 9.84. The van der Waals surface area contributed by atoms with Crippen molar-refractivity contribution in [3.05, 3.63) is 45.1 Å². The Morgan fingerprint density at radius 1 is 1.23 bits per heavy atom.